The van der Waals surface area contributed by atoms with Gasteiger partial charge in [-0.15, -0.1) is 0 Å². The van der Waals surface area contributed by atoms with Gasteiger partial charge in [0, 0.05) is 43.4 Å². The first-order valence-corrected chi connectivity index (χ1v) is 9.85. The number of nitrogens with zero attached hydrogens (tertiary/aromatic N) is 4. The molecule has 1 amide bonds. The molecule has 0 N–H and O–H groups in total. The molecular weight excluding hydrogens is 376 g/mol. The predicted octanol–water partition coefficient (Wildman–Crippen LogP) is 3.31. The van der Waals surface area contributed by atoms with E-state index in [2.05, 4.69) is 22.8 Å². The Hall–Kier alpha value is -2.49. The molecule has 2 aromatic rings. The van der Waals surface area contributed by atoms with Crippen LogP contribution in [0, 0.1) is 18.3 Å². The van der Waals surface area contributed by atoms with E-state index in [1.807, 2.05) is 24.3 Å². The summed E-state index contributed by atoms with van der Waals surface area (Å²) in [5.41, 5.74) is 2.36. The highest BCUT2D eigenvalue weighted by molar-refractivity contribution is 6.30. The standard InChI is InChI=1S/C21H25ClN4O2/c1-17-5-6-18(22)14-20(17)25-11-9-24(10-12-25)16-21(27)26(8-3-7-23)15-19-4-2-13-28-19/h2,4-6,13-14H,3,8-12,15-16H2,1H3. The number of aryl methyl sites for hydroxylation is 1. The van der Waals surface area contributed by atoms with Gasteiger partial charge in [0.1, 0.15) is 5.76 Å². The van der Waals surface area contributed by atoms with Crippen LogP contribution in [-0.2, 0) is 11.3 Å². The van der Waals surface area contributed by atoms with Crippen molar-refractivity contribution in [2.75, 3.05) is 44.2 Å². The maximum atomic E-state index is 12.8. The molecule has 1 fully saturated rings. The zero-order chi connectivity index (χ0) is 19.9. The van der Waals surface area contributed by atoms with Crippen molar-refractivity contribution in [3.8, 4) is 6.07 Å². The van der Waals surface area contributed by atoms with Crippen molar-refractivity contribution in [3.05, 3.63) is 52.9 Å². The van der Waals surface area contributed by atoms with Crippen LogP contribution in [0.5, 0.6) is 0 Å². The minimum absolute atomic E-state index is 0.0269. The number of anilines is 1. The highest BCUT2D eigenvalue weighted by Gasteiger charge is 2.23. The Bertz CT molecular complexity index is 823. The molecule has 28 heavy (non-hydrogen) atoms. The number of nitriles is 1. The minimum atomic E-state index is 0.0269. The molecule has 7 heteroatoms. The van der Waals surface area contributed by atoms with Crippen molar-refractivity contribution < 1.29 is 9.21 Å². The molecule has 0 radical (unpaired) electrons. The van der Waals surface area contributed by atoms with Crippen LogP contribution in [0.4, 0.5) is 5.69 Å². The summed E-state index contributed by atoms with van der Waals surface area (Å²) in [7, 11) is 0. The molecule has 1 aromatic heterocycles. The van der Waals surface area contributed by atoms with Crippen molar-refractivity contribution in [2.45, 2.75) is 19.9 Å². The Morgan fingerprint density at radius 1 is 1.29 bits per heavy atom. The van der Waals surface area contributed by atoms with E-state index in [4.69, 9.17) is 21.3 Å². The minimum Gasteiger partial charge on any atom is -0.467 e. The van der Waals surface area contributed by atoms with E-state index in [9.17, 15) is 4.79 Å². The number of halogens is 1. The average molecular weight is 401 g/mol. The van der Waals surface area contributed by atoms with E-state index >= 15 is 0 Å². The number of carbonyl (C=O) groups excluding carboxylic acids is 1. The van der Waals surface area contributed by atoms with E-state index < -0.39 is 0 Å². The van der Waals surface area contributed by atoms with Crippen molar-refractivity contribution in [2.24, 2.45) is 0 Å². The largest absolute Gasteiger partial charge is 0.467 e. The number of rotatable bonds is 7. The quantitative estimate of drug-likeness (QED) is 0.713. The number of carbonyl (C=O) groups is 1. The smallest absolute Gasteiger partial charge is 0.237 e. The molecule has 3 rings (SSSR count). The van der Waals surface area contributed by atoms with Crippen molar-refractivity contribution in [1.82, 2.24) is 9.80 Å². The summed E-state index contributed by atoms with van der Waals surface area (Å²) in [6.07, 6.45) is 1.91. The van der Waals surface area contributed by atoms with E-state index in [0.717, 1.165) is 42.6 Å². The van der Waals surface area contributed by atoms with E-state index in [0.29, 0.717) is 26.1 Å². The van der Waals surface area contributed by atoms with Crippen molar-refractivity contribution in [1.29, 1.82) is 5.26 Å². The normalized spacial score (nSPS) is 14.7. The Balaban J connectivity index is 1.55. The average Bonchev–Trinajstić information content (AvgIpc) is 3.21. The molecule has 0 bridgehead atoms. The summed E-state index contributed by atoms with van der Waals surface area (Å²) in [5.74, 6) is 0.756. The first-order chi connectivity index (χ1) is 13.6. The zero-order valence-electron chi connectivity index (χ0n) is 16.1. The third kappa shape index (κ3) is 5.28. The summed E-state index contributed by atoms with van der Waals surface area (Å²) >= 11 is 6.15. The summed E-state index contributed by atoms with van der Waals surface area (Å²) in [6, 6.07) is 11.7. The highest BCUT2D eigenvalue weighted by Crippen LogP contribution is 2.25. The van der Waals surface area contributed by atoms with Crippen molar-refractivity contribution >= 4 is 23.2 Å². The lowest BCUT2D eigenvalue weighted by atomic mass is 10.1. The number of hydrogen-bond acceptors (Lipinski definition) is 5. The van der Waals surface area contributed by atoms with Gasteiger partial charge < -0.3 is 14.2 Å². The second-order valence-corrected chi connectivity index (χ2v) is 7.43. The molecule has 0 spiro atoms. The molecule has 6 nitrogen and oxygen atoms in total. The lowest BCUT2D eigenvalue weighted by Gasteiger charge is -2.37. The molecule has 0 atom stereocenters. The van der Waals surface area contributed by atoms with Gasteiger partial charge in [0.15, 0.2) is 0 Å². The van der Waals surface area contributed by atoms with E-state index in [1.165, 1.54) is 5.56 Å². The van der Waals surface area contributed by atoms with Gasteiger partial charge in [-0.3, -0.25) is 9.69 Å². The van der Waals surface area contributed by atoms with Gasteiger partial charge in [0.2, 0.25) is 5.91 Å². The topological polar surface area (TPSA) is 63.7 Å². The summed E-state index contributed by atoms with van der Waals surface area (Å²) in [4.78, 5) is 19.0. The fraction of sp³-hybridized carbons (Fsp3) is 0.429. The third-order valence-electron chi connectivity index (χ3n) is 5.02. The van der Waals surface area contributed by atoms with E-state index in [-0.39, 0.29) is 5.91 Å². The third-order valence-corrected chi connectivity index (χ3v) is 5.25. The van der Waals surface area contributed by atoms with Crippen LogP contribution in [0.1, 0.15) is 17.7 Å². The van der Waals surface area contributed by atoms with Gasteiger partial charge in [-0.25, -0.2) is 0 Å². The highest BCUT2D eigenvalue weighted by atomic mass is 35.5. The Labute approximate surface area is 170 Å². The molecule has 1 aliphatic rings. The van der Waals surface area contributed by atoms with Gasteiger partial charge >= 0.3 is 0 Å². The summed E-state index contributed by atoms with van der Waals surface area (Å²) in [6.45, 7) is 6.58. The first kappa shape index (κ1) is 20.2. The van der Waals surface area contributed by atoms with Gasteiger partial charge in [-0.05, 0) is 36.8 Å². The van der Waals surface area contributed by atoms with Crippen LogP contribution in [0.3, 0.4) is 0 Å². The fourth-order valence-corrected chi connectivity index (χ4v) is 3.60. The molecule has 0 unspecified atom stereocenters. The Kier molecular flexibility index (Phi) is 6.96. The SMILES string of the molecule is Cc1ccc(Cl)cc1N1CCN(CC(=O)N(CCC#N)Cc2ccco2)CC1. The molecule has 2 heterocycles. The van der Waals surface area contributed by atoms with Crippen LogP contribution >= 0.6 is 11.6 Å². The van der Waals surface area contributed by atoms with Gasteiger partial charge in [0.25, 0.3) is 0 Å². The lowest BCUT2D eigenvalue weighted by Crippen LogP contribution is -2.50. The van der Waals surface area contributed by atoms with Gasteiger partial charge in [-0.1, -0.05) is 17.7 Å². The van der Waals surface area contributed by atoms with Crippen LogP contribution < -0.4 is 4.90 Å². The summed E-state index contributed by atoms with van der Waals surface area (Å²) < 4.78 is 5.36. The van der Waals surface area contributed by atoms with Crippen LogP contribution in [0.25, 0.3) is 0 Å². The molecule has 0 saturated carbocycles. The Morgan fingerprint density at radius 2 is 2.07 bits per heavy atom. The van der Waals surface area contributed by atoms with E-state index in [1.54, 1.807) is 17.2 Å². The summed E-state index contributed by atoms with van der Waals surface area (Å²) in [5, 5.41) is 9.63. The number of furan rings is 1. The number of hydrogen-bond donors (Lipinski definition) is 0. The lowest BCUT2D eigenvalue weighted by molar-refractivity contribution is -0.133. The number of benzene rings is 1. The molecule has 148 valence electrons. The van der Waals surface area contributed by atoms with Crippen LogP contribution in [0.2, 0.25) is 5.02 Å². The molecule has 1 aliphatic heterocycles. The molecular formula is C21H25ClN4O2. The number of piperazine rings is 1. The first-order valence-electron chi connectivity index (χ1n) is 9.47. The molecule has 0 aliphatic carbocycles. The molecule has 1 saturated heterocycles. The fourth-order valence-electron chi connectivity index (χ4n) is 3.43. The van der Waals surface area contributed by atoms with Crippen LogP contribution in [-0.4, -0.2) is 55.0 Å². The van der Waals surface area contributed by atoms with Gasteiger partial charge in [0.05, 0.1) is 31.8 Å². The zero-order valence-corrected chi connectivity index (χ0v) is 16.9. The number of amides is 1. The monoisotopic (exact) mass is 400 g/mol. The molecule has 1 aromatic carbocycles. The second kappa shape index (κ2) is 9.63. The maximum absolute atomic E-state index is 12.8. The van der Waals surface area contributed by atoms with Gasteiger partial charge in [-0.2, -0.15) is 5.26 Å². The Morgan fingerprint density at radius 3 is 2.75 bits per heavy atom. The van der Waals surface area contributed by atoms with Crippen LogP contribution in [0.15, 0.2) is 41.0 Å². The predicted molar refractivity (Wildman–Crippen MR) is 109 cm³/mol. The van der Waals surface area contributed by atoms with Crippen molar-refractivity contribution in [3.63, 3.8) is 0 Å². The maximum Gasteiger partial charge on any atom is 0.237 e. The second-order valence-electron chi connectivity index (χ2n) is 7.00.